The molecular formula is C13H16N4O8S. The molecule has 12 nitrogen and oxygen atoms in total. The van der Waals surface area contributed by atoms with E-state index < -0.39 is 25.7 Å². The number of benzene rings is 1. The van der Waals surface area contributed by atoms with Crippen LogP contribution < -0.4 is 9.30 Å². The van der Waals surface area contributed by atoms with E-state index in [9.17, 15) is 20.2 Å². The zero-order chi connectivity index (χ0) is 19.9. The summed E-state index contributed by atoms with van der Waals surface area (Å²) in [5, 5.41) is 21.6. The van der Waals surface area contributed by atoms with Crippen LogP contribution in [0.25, 0.3) is 0 Å². The Balaban J connectivity index is 0.000000597. The second-order valence-electron chi connectivity index (χ2n) is 5.04. The number of ether oxygens (including phenoxy) is 1. The number of non-ortho nitro benzene ring substituents is 1. The van der Waals surface area contributed by atoms with Crippen molar-refractivity contribution in [3.05, 3.63) is 57.1 Å². The van der Waals surface area contributed by atoms with Gasteiger partial charge in [0.25, 0.3) is 5.69 Å². The quantitative estimate of drug-likeness (QED) is 0.297. The summed E-state index contributed by atoms with van der Waals surface area (Å²) in [6, 6.07) is 3.31. The van der Waals surface area contributed by atoms with Crippen LogP contribution in [0.3, 0.4) is 0 Å². The highest BCUT2D eigenvalue weighted by molar-refractivity contribution is 7.84. The summed E-state index contributed by atoms with van der Waals surface area (Å²) < 4.78 is 36.3. The number of imidazole rings is 1. The van der Waals surface area contributed by atoms with E-state index in [1.807, 2.05) is 34.9 Å². The minimum Gasteiger partial charge on any atom is -0.748 e. The molecule has 0 unspecified atom stereocenters. The summed E-state index contributed by atoms with van der Waals surface area (Å²) in [6.07, 6.45) is 6.14. The van der Waals surface area contributed by atoms with E-state index in [0.29, 0.717) is 12.8 Å². The van der Waals surface area contributed by atoms with Gasteiger partial charge < -0.3 is 9.29 Å². The first-order valence-corrected chi connectivity index (χ1v) is 8.76. The molecule has 0 aliphatic rings. The third kappa shape index (κ3) is 7.67. The van der Waals surface area contributed by atoms with Gasteiger partial charge in [0.2, 0.25) is 6.33 Å². The molecule has 0 atom stereocenters. The van der Waals surface area contributed by atoms with Crippen LogP contribution in [0.4, 0.5) is 11.4 Å². The number of aromatic nitrogens is 2. The molecule has 2 rings (SSSR count). The molecule has 0 fully saturated rings. The molecule has 2 aromatic rings. The van der Waals surface area contributed by atoms with Gasteiger partial charge in [-0.3, -0.25) is 20.2 Å². The lowest BCUT2D eigenvalue weighted by molar-refractivity contribution is -0.671. The first-order chi connectivity index (χ1) is 12.0. The second kappa shape index (κ2) is 8.87. The highest BCUT2D eigenvalue weighted by Gasteiger charge is 2.20. The van der Waals surface area contributed by atoms with E-state index in [4.69, 9.17) is 17.7 Å². The standard InChI is InChI=1S/C12H13N4O5.CH4O3S/c1-13-4-5-14(9-13)6-7-21-12-3-2-10(15(17)18)8-11(12)16(19)20;1-5(2,3)4/h2-5,8-9H,6-7H2,1H3;1H3,(H,2,3,4)/q+1;/p-1. The largest absolute Gasteiger partial charge is 0.748 e. The molecule has 0 saturated carbocycles. The maximum Gasteiger partial charge on any atom is 0.317 e. The van der Waals surface area contributed by atoms with Crippen LogP contribution in [0.15, 0.2) is 36.9 Å². The van der Waals surface area contributed by atoms with Gasteiger partial charge in [0.1, 0.15) is 25.5 Å². The maximum absolute atomic E-state index is 10.9. The first-order valence-electron chi connectivity index (χ1n) is 6.95. The second-order valence-corrected chi connectivity index (χ2v) is 6.44. The molecule has 1 aromatic carbocycles. The fourth-order valence-corrected chi connectivity index (χ4v) is 1.78. The van der Waals surface area contributed by atoms with Crippen molar-refractivity contribution in [2.45, 2.75) is 6.54 Å². The molecule has 0 saturated heterocycles. The average molecular weight is 388 g/mol. The van der Waals surface area contributed by atoms with E-state index in [1.165, 1.54) is 12.1 Å². The van der Waals surface area contributed by atoms with Crippen molar-refractivity contribution in [3.8, 4) is 5.75 Å². The molecule has 13 heteroatoms. The Morgan fingerprint density at radius 2 is 1.85 bits per heavy atom. The third-order valence-corrected chi connectivity index (χ3v) is 2.78. The number of nitro groups is 2. The van der Waals surface area contributed by atoms with Crippen LogP contribution in [0, 0.1) is 20.2 Å². The molecule has 0 spiro atoms. The van der Waals surface area contributed by atoms with Crippen molar-refractivity contribution < 1.29 is 32.1 Å². The Labute approximate surface area is 148 Å². The van der Waals surface area contributed by atoms with Gasteiger partial charge in [0.15, 0.2) is 5.75 Å². The highest BCUT2D eigenvalue weighted by atomic mass is 32.2. The molecule has 0 radical (unpaired) electrons. The lowest BCUT2D eigenvalue weighted by atomic mass is 10.2. The minimum atomic E-state index is -3.92. The molecule has 0 amide bonds. The van der Waals surface area contributed by atoms with Crippen LogP contribution in [-0.4, -0.2) is 40.2 Å². The van der Waals surface area contributed by atoms with E-state index in [1.54, 1.807) is 0 Å². The fraction of sp³-hybridized carbons (Fsp3) is 0.308. The van der Waals surface area contributed by atoms with Crippen molar-refractivity contribution in [1.82, 2.24) is 4.57 Å². The summed E-state index contributed by atoms with van der Waals surface area (Å²) in [4.78, 5) is 20.2. The van der Waals surface area contributed by atoms with Gasteiger partial charge in [-0.25, -0.2) is 17.6 Å². The summed E-state index contributed by atoms with van der Waals surface area (Å²) in [5.74, 6) is 0.0159. The van der Waals surface area contributed by atoms with Crippen LogP contribution in [0.1, 0.15) is 0 Å². The number of rotatable bonds is 6. The zero-order valence-corrected chi connectivity index (χ0v) is 14.7. The Morgan fingerprint density at radius 3 is 2.31 bits per heavy atom. The van der Waals surface area contributed by atoms with Crippen molar-refractivity contribution >= 4 is 21.5 Å². The van der Waals surface area contributed by atoms with Gasteiger partial charge in [-0.05, 0) is 6.07 Å². The molecule has 0 aliphatic carbocycles. The molecule has 1 heterocycles. The van der Waals surface area contributed by atoms with E-state index in [2.05, 4.69) is 0 Å². The zero-order valence-electron chi connectivity index (χ0n) is 13.8. The smallest absolute Gasteiger partial charge is 0.317 e. The molecular weight excluding hydrogens is 372 g/mol. The van der Waals surface area contributed by atoms with Gasteiger partial charge in [-0.1, -0.05) is 0 Å². The van der Waals surface area contributed by atoms with Crippen molar-refractivity contribution in [2.75, 3.05) is 12.9 Å². The molecule has 26 heavy (non-hydrogen) atoms. The number of aryl methyl sites for hydroxylation is 1. The predicted octanol–water partition coefficient (Wildman–Crippen LogP) is 0.369. The fourth-order valence-electron chi connectivity index (χ4n) is 1.78. The number of hydrogen-bond donors (Lipinski definition) is 0. The highest BCUT2D eigenvalue weighted by Crippen LogP contribution is 2.30. The van der Waals surface area contributed by atoms with Crippen LogP contribution in [0.5, 0.6) is 5.75 Å². The molecule has 1 aromatic heterocycles. The number of nitro benzene ring substituents is 2. The summed E-state index contributed by atoms with van der Waals surface area (Å²) in [6.45, 7) is 0.725. The van der Waals surface area contributed by atoms with Gasteiger partial charge >= 0.3 is 5.69 Å². The predicted molar refractivity (Wildman–Crippen MR) is 86.5 cm³/mol. The summed E-state index contributed by atoms with van der Waals surface area (Å²) in [7, 11) is -2.04. The minimum absolute atomic E-state index is 0.0159. The molecule has 142 valence electrons. The Morgan fingerprint density at radius 1 is 1.23 bits per heavy atom. The molecule has 0 aliphatic heterocycles. The van der Waals surface area contributed by atoms with Crippen LogP contribution in [0.2, 0.25) is 0 Å². The SMILES string of the molecule is CS(=O)(=O)[O-].C[n+]1ccn(CCOc2ccc([N+](=O)[O-])cc2[N+](=O)[O-])c1. The normalized spacial score (nSPS) is 10.6. The molecule has 0 bridgehead atoms. The number of hydrogen-bond acceptors (Lipinski definition) is 8. The topological polar surface area (TPSA) is 162 Å². The van der Waals surface area contributed by atoms with Gasteiger partial charge in [-0.2, -0.15) is 0 Å². The first kappa shape index (κ1) is 21.0. The van der Waals surface area contributed by atoms with Crippen molar-refractivity contribution in [1.29, 1.82) is 0 Å². The summed E-state index contributed by atoms with van der Waals surface area (Å²) >= 11 is 0. The van der Waals surface area contributed by atoms with Gasteiger partial charge in [-0.15, -0.1) is 0 Å². The summed E-state index contributed by atoms with van der Waals surface area (Å²) in [5.41, 5.74) is -0.756. The Kier molecular flexibility index (Phi) is 7.16. The maximum atomic E-state index is 10.9. The van der Waals surface area contributed by atoms with Gasteiger partial charge in [0, 0.05) is 12.3 Å². The van der Waals surface area contributed by atoms with Crippen molar-refractivity contribution in [2.24, 2.45) is 7.05 Å². The van der Waals surface area contributed by atoms with Crippen LogP contribution in [-0.2, 0) is 23.7 Å². The lowest BCUT2D eigenvalue weighted by Crippen LogP contribution is -2.24. The van der Waals surface area contributed by atoms with E-state index >= 15 is 0 Å². The monoisotopic (exact) mass is 388 g/mol. The van der Waals surface area contributed by atoms with E-state index in [-0.39, 0.29) is 18.0 Å². The third-order valence-electron chi connectivity index (χ3n) is 2.78. The van der Waals surface area contributed by atoms with Crippen LogP contribution >= 0.6 is 0 Å². The molecule has 0 N–H and O–H groups in total. The number of nitrogens with zero attached hydrogens (tertiary/aromatic N) is 4. The van der Waals surface area contributed by atoms with Gasteiger partial charge in [0.05, 0.1) is 33.1 Å². The average Bonchev–Trinajstić information content (AvgIpc) is 2.91. The van der Waals surface area contributed by atoms with Crippen molar-refractivity contribution in [3.63, 3.8) is 0 Å². The lowest BCUT2D eigenvalue weighted by Gasteiger charge is -2.05. The Hall–Kier alpha value is -3.06. The van der Waals surface area contributed by atoms with E-state index in [0.717, 1.165) is 6.07 Å². The Bertz CT molecular complexity index is 885.